The lowest BCUT2D eigenvalue weighted by atomic mass is 10.1. The molecule has 0 amide bonds. The molecule has 0 aliphatic heterocycles. The van der Waals surface area contributed by atoms with Crippen molar-refractivity contribution < 1.29 is 4.39 Å². The predicted octanol–water partition coefficient (Wildman–Crippen LogP) is 4.01. The van der Waals surface area contributed by atoms with Gasteiger partial charge in [0.1, 0.15) is 5.82 Å². The molecule has 0 N–H and O–H groups in total. The zero-order valence-corrected chi connectivity index (χ0v) is 9.44. The minimum absolute atomic E-state index is 0.219. The topological polar surface area (TPSA) is 12.9 Å². The first-order valence-electron chi connectivity index (χ1n) is 5.39. The molecule has 1 heterocycles. The van der Waals surface area contributed by atoms with Crippen LogP contribution in [0.1, 0.15) is 25.5 Å². The van der Waals surface area contributed by atoms with Crippen LogP contribution < -0.4 is 0 Å². The first kappa shape index (κ1) is 10.8. The molecule has 16 heavy (non-hydrogen) atoms. The van der Waals surface area contributed by atoms with E-state index >= 15 is 0 Å². The van der Waals surface area contributed by atoms with E-state index in [1.807, 2.05) is 18.2 Å². The molecule has 0 unspecified atom stereocenters. The molecule has 0 spiro atoms. The molecule has 2 rings (SSSR count). The number of benzene rings is 1. The van der Waals surface area contributed by atoms with Gasteiger partial charge in [0.25, 0.3) is 0 Å². The molecule has 1 aromatic heterocycles. The second kappa shape index (κ2) is 4.44. The van der Waals surface area contributed by atoms with E-state index in [-0.39, 0.29) is 5.82 Å². The molecule has 0 saturated heterocycles. The van der Waals surface area contributed by atoms with Gasteiger partial charge in [0, 0.05) is 11.3 Å². The molecular formula is C14H14FN. The summed E-state index contributed by atoms with van der Waals surface area (Å²) in [5, 5.41) is 0. The Kier molecular flexibility index (Phi) is 3.00. The van der Waals surface area contributed by atoms with Gasteiger partial charge in [-0.3, -0.25) is 4.98 Å². The highest BCUT2D eigenvalue weighted by molar-refractivity contribution is 5.58. The van der Waals surface area contributed by atoms with Gasteiger partial charge in [-0.2, -0.15) is 0 Å². The summed E-state index contributed by atoms with van der Waals surface area (Å²) < 4.78 is 12.8. The number of halogens is 1. The van der Waals surface area contributed by atoms with Gasteiger partial charge in [-0.05, 0) is 42.3 Å². The summed E-state index contributed by atoms with van der Waals surface area (Å²) in [4.78, 5) is 4.55. The lowest BCUT2D eigenvalue weighted by Gasteiger charge is -2.07. The number of aromatic nitrogens is 1. The summed E-state index contributed by atoms with van der Waals surface area (Å²) in [5.74, 6) is 0.184. The maximum absolute atomic E-state index is 12.8. The van der Waals surface area contributed by atoms with Gasteiger partial charge >= 0.3 is 0 Å². The third-order valence-corrected chi connectivity index (χ3v) is 2.50. The Balaban J connectivity index is 2.40. The molecule has 0 saturated carbocycles. The van der Waals surface area contributed by atoms with Crippen LogP contribution in [0.15, 0.2) is 42.5 Å². The van der Waals surface area contributed by atoms with Gasteiger partial charge in [0.15, 0.2) is 0 Å². The Morgan fingerprint density at radius 2 is 1.69 bits per heavy atom. The van der Waals surface area contributed by atoms with Gasteiger partial charge in [-0.1, -0.05) is 19.9 Å². The maximum atomic E-state index is 12.8. The molecule has 0 aliphatic carbocycles. The van der Waals surface area contributed by atoms with E-state index in [1.165, 1.54) is 12.1 Å². The maximum Gasteiger partial charge on any atom is 0.123 e. The summed E-state index contributed by atoms with van der Waals surface area (Å²) in [5.41, 5.74) is 2.90. The fraction of sp³-hybridized carbons (Fsp3) is 0.214. The van der Waals surface area contributed by atoms with Crippen LogP contribution in [0.4, 0.5) is 4.39 Å². The summed E-state index contributed by atoms with van der Waals surface area (Å²) in [7, 11) is 0. The molecule has 82 valence electrons. The Hall–Kier alpha value is -1.70. The van der Waals surface area contributed by atoms with Crippen LogP contribution in [-0.2, 0) is 0 Å². The molecule has 0 radical (unpaired) electrons. The molecule has 0 fully saturated rings. The average molecular weight is 215 g/mol. The number of hydrogen-bond donors (Lipinski definition) is 0. The first-order chi connectivity index (χ1) is 7.66. The van der Waals surface area contributed by atoms with E-state index in [2.05, 4.69) is 18.8 Å². The summed E-state index contributed by atoms with van der Waals surface area (Å²) >= 11 is 0. The van der Waals surface area contributed by atoms with E-state index in [4.69, 9.17) is 0 Å². The van der Waals surface area contributed by atoms with Crippen molar-refractivity contribution in [3.8, 4) is 11.3 Å². The molecule has 0 aliphatic rings. The first-order valence-corrected chi connectivity index (χ1v) is 5.39. The molecule has 1 aromatic carbocycles. The van der Waals surface area contributed by atoms with Crippen molar-refractivity contribution in [2.45, 2.75) is 19.8 Å². The monoisotopic (exact) mass is 215 g/mol. The summed E-state index contributed by atoms with van der Waals surface area (Å²) in [6.07, 6.45) is 0. The van der Waals surface area contributed by atoms with Gasteiger partial charge in [-0.25, -0.2) is 4.39 Å². The van der Waals surface area contributed by atoms with Crippen molar-refractivity contribution in [2.24, 2.45) is 0 Å². The van der Waals surface area contributed by atoms with Gasteiger partial charge in [0.05, 0.1) is 5.69 Å². The number of nitrogens with zero attached hydrogens (tertiary/aromatic N) is 1. The van der Waals surface area contributed by atoms with Crippen molar-refractivity contribution in [1.82, 2.24) is 4.98 Å². The fourth-order valence-electron chi connectivity index (χ4n) is 1.55. The third kappa shape index (κ3) is 2.27. The van der Waals surface area contributed by atoms with E-state index in [1.54, 1.807) is 12.1 Å². The van der Waals surface area contributed by atoms with Gasteiger partial charge in [0.2, 0.25) is 0 Å². The van der Waals surface area contributed by atoms with E-state index in [0.717, 1.165) is 17.0 Å². The minimum atomic E-state index is -0.219. The molecule has 2 heteroatoms. The second-order valence-corrected chi connectivity index (χ2v) is 4.11. The third-order valence-electron chi connectivity index (χ3n) is 2.50. The molecule has 2 aromatic rings. The predicted molar refractivity (Wildman–Crippen MR) is 63.7 cm³/mol. The van der Waals surface area contributed by atoms with Crippen LogP contribution >= 0.6 is 0 Å². The fourth-order valence-corrected chi connectivity index (χ4v) is 1.55. The highest BCUT2D eigenvalue weighted by Gasteiger charge is 2.03. The van der Waals surface area contributed by atoms with Crippen molar-refractivity contribution in [3.05, 3.63) is 54.0 Å². The average Bonchev–Trinajstić information content (AvgIpc) is 2.30. The molecular weight excluding hydrogens is 201 g/mol. The summed E-state index contributed by atoms with van der Waals surface area (Å²) in [6, 6.07) is 12.4. The second-order valence-electron chi connectivity index (χ2n) is 4.11. The lowest BCUT2D eigenvalue weighted by molar-refractivity contribution is 0.628. The highest BCUT2D eigenvalue weighted by Crippen LogP contribution is 2.20. The SMILES string of the molecule is CC(C)c1cccc(-c2ccc(F)cc2)n1. The largest absolute Gasteiger partial charge is 0.253 e. The van der Waals surface area contributed by atoms with Crippen molar-refractivity contribution in [3.63, 3.8) is 0 Å². The normalized spacial score (nSPS) is 10.8. The standard InChI is InChI=1S/C14H14FN/c1-10(2)13-4-3-5-14(16-13)11-6-8-12(15)9-7-11/h3-10H,1-2H3. The van der Waals surface area contributed by atoms with E-state index in [0.29, 0.717) is 5.92 Å². The van der Waals surface area contributed by atoms with Crippen molar-refractivity contribution in [2.75, 3.05) is 0 Å². The number of hydrogen-bond acceptors (Lipinski definition) is 1. The smallest absolute Gasteiger partial charge is 0.123 e. The van der Waals surface area contributed by atoms with Crippen LogP contribution in [0.5, 0.6) is 0 Å². The van der Waals surface area contributed by atoms with Gasteiger partial charge in [-0.15, -0.1) is 0 Å². The number of pyridine rings is 1. The Morgan fingerprint density at radius 3 is 2.31 bits per heavy atom. The van der Waals surface area contributed by atoms with E-state index < -0.39 is 0 Å². The minimum Gasteiger partial charge on any atom is -0.253 e. The quantitative estimate of drug-likeness (QED) is 0.737. The van der Waals surface area contributed by atoms with Crippen molar-refractivity contribution in [1.29, 1.82) is 0 Å². The van der Waals surface area contributed by atoms with Crippen LogP contribution in [-0.4, -0.2) is 4.98 Å². The Labute approximate surface area is 95.0 Å². The molecule has 0 atom stereocenters. The van der Waals surface area contributed by atoms with Crippen LogP contribution in [0.25, 0.3) is 11.3 Å². The van der Waals surface area contributed by atoms with Crippen LogP contribution in [0.2, 0.25) is 0 Å². The Bertz CT molecular complexity index is 474. The van der Waals surface area contributed by atoms with Crippen LogP contribution in [0, 0.1) is 5.82 Å². The van der Waals surface area contributed by atoms with E-state index in [9.17, 15) is 4.39 Å². The Morgan fingerprint density at radius 1 is 1.00 bits per heavy atom. The van der Waals surface area contributed by atoms with Crippen molar-refractivity contribution >= 4 is 0 Å². The number of rotatable bonds is 2. The zero-order chi connectivity index (χ0) is 11.5. The molecule has 1 nitrogen and oxygen atoms in total. The van der Waals surface area contributed by atoms with Crippen LogP contribution in [0.3, 0.4) is 0 Å². The zero-order valence-electron chi connectivity index (χ0n) is 9.44. The highest BCUT2D eigenvalue weighted by atomic mass is 19.1. The molecule has 0 bridgehead atoms. The van der Waals surface area contributed by atoms with Gasteiger partial charge < -0.3 is 0 Å². The summed E-state index contributed by atoms with van der Waals surface area (Å²) in [6.45, 7) is 4.22. The lowest BCUT2D eigenvalue weighted by Crippen LogP contribution is -1.93.